The summed E-state index contributed by atoms with van der Waals surface area (Å²) >= 11 is 0. The minimum absolute atomic E-state index is 1.22. The Morgan fingerprint density at radius 3 is 1.13 bits per heavy atom. The van der Waals surface area contributed by atoms with Gasteiger partial charge in [-0.3, -0.25) is 0 Å². The fraction of sp³-hybridized carbons (Fsp3) is 0.600. The average Bonchev–Trinajstić information content (AvgIpc) is 2.16. The first-order valence-electron chi connectivity index (χ1n) is 6.15. The van der Waals surface area contributed by atoms with E-state index in [4.69, 9.17) is 0 Å². The Morgan fingerprint density at radius 2 is 0.867 bits per heavy atom. The van der Waals surface area contributed by atoms with Crippen molar-refractivity contribution in [2.75, 3.05) is 0 Å². The van der Waals surface area contributed by atoms with Gasteiger partial charge in [-0.1, -0.05) is 34.9 Å². The van der Waals surface area contributed by atoms with E-state index in [1.807, 2.05) is 0 Å². The topological polar surface area (TPSA) is 0 Å². The average molecular weight is 204 g/mol. The predicted octanol–water partition coefficient (Wildman–Crippen LogP) is 5.18. The fourth-order valence-electron chi connectivity index (χ4n) is 1.94. The van der Waals surface area contributed by atoms with Crippen molar-refractivity contribution in [1.82, 2.24) is 0 Å². The van der Waals surface area contributed by atoms with Gasteiger partial charge in [-0.15, -0.1) is 0 Å². The van der Waals surface area contributed by atoms with Crippen LogP contribution >= 0.6 is 0 Å². The van der Waals surface area contributed by atoms with Crippen LogP contribution in [-0.2, 0) is 0 Å². The van der Waals surface area contributed by atoms with Crippen molar-refractivity contribution in [3.63, 3.8) is 0 Å². The normalized spacial score (nSPS) is 31.0. The van der Waals surface area contributed by atoms with Gasteiger partial charge >= 0.3 is 0 Å². The lowest BCUT2D eigenvalue weighted by molar-refractivity contribution is 0.875. The highest BCUT2D eigenvalue weighted by Gasteiger charge is 1.95. The van der Waals surface area contributed by atoms with Crippen molar-refractivity contribution in [1.29, 1.82) is 0 Å². The molecule has 0 heteroatoms. The molecule has 0 N–H and O–H groups in total. The summed E-state index contributed by atoms with van der Waals surface area (Å²) in [4.78, 5) is 0. The highest BCUT2D eigenvalue weighted by molar-refractivity contribution is 5.08. The standard InChI is InChI=1S/C15H24/c1-13-7-4-9-14(2)11-6-12-15(3)10-5-8-13/h7,10-11H,4-6,8-9,12H2,1-3H3/b13-7-,14-11+,15-10+. The molecule has 0 amide bonds. The molecule has 0 aliphatic heterocycles. The van der Waals surface area contributed by atoms with Gasteiger partial charge in [0.25, 0.3) is 0 Å². The molecule has 1 rings (SSSR count). The highest BCUT2D eigenvalue weighted by atomic mass is 14.0. The lowest BCUT2D eigenvalue weighted by Gasteiger charge is -2.05. The van der Waals surface area contributed by atoms with Gasteiger partial charge in [0.2, 0.25) is 0 Å². The summed E-state index contributed by atoms with van der Waals surface area (Å²) < 4.78 is 0. The summed E-state index contributed by atoms with van der Waals surface area (Å²) in [6.07, 6.45) is 14.6. The van der Waals surface area contributed by atoms with Crippen LogP contribution in [0.25, 0.3) is 0 Å². The van der Waals surface area contributed by atoms with Gasteiger partial charge in [-0.25, -0.2) is 0 Å². The maximum absolute atomic E-state index is 2.40. The van der Waals surface area contributed by atoms with E-state index in [0.717, 1.165) is 0 Å². The summed E-state index contributed by atoms with van der Waals surface area (Å²) in [5.41, 5.74) is 4.65. The Balaban J connectivity index is 2.62. The second-order valence-corrected chi connectivity index (χ2v) is 4.77. The van der Waals surface area contributed by atoms with E-state index in [-0.39, 0.29) is 0 Å². The zero-order valence-electron chi connectivity index (χ0n) is 10.5. The molecule has 0 bridgehead atoms. The van der Waals surface area contributed by atoms with Gasteiger partial charge in [-0.2, -0.15) is 0 Å². The van der Waals surface area contributed by atoms with E-state index in [0.29, 0.717) is 0 Å². The first kappa shape index (κ1) is 12.3. The lowest BCUT2D eigenvalue weighted by Crippen LogP contribution is -1.84. The van der Waals surface area contributed by atoms with E-state index in [1.165, 1.54) is 38.5 Å². The van der Waals surface area contributed by atoms with E-state index < -0.39 is 0 Å². The largest absolute Gasteiger partial charge is 0.0853 e. The molecule has 0 heterocycles. The Labute approximate surface area is 94.8 Å². The van der Waals surface area contributed by atoms with Crippen LogP contribution in [0.15, 0.2) is 34.9 Å². The molecule has 1 aliphatic carbocycles. The first-order valence-corrected chi connectivity index (χ1v) is 6.15. The van der Waals surface area contributed by atoms with Crippen LogP contribution in [0.5, 0.6) is 0 Å². The molecule has 0 aromatic carbocycles. The third kappa shape index (κ3) is 5.61. The van der Waals surface area contributed by atoms with E-state index >= 15 is 0 Å². The smallest absolute Gasteiger partial charge is 0.0288 e. The minimum Gasteiger partial charge on any atom is -0.0853 e. The van der Waals surface area contributed by atoms with Crippen LogP contribution in [0.2, 0.25) is 0 Å². The summed E-state index contributed by atoms with van der Waals surface area (Å²) in [5.74, 6) is 0. The third-order valence-corrected chi connectivity index (χ3v) is 3.09. The molecule has 0 unspecified atom stereocenters. The summed E-state index contributed by atoms with van der Waals surface area (Å²) in [6, 6.07) is 0. The third-order valence-electron chi connectivity index (χ3n) is 3.09. The number of hydrogen-bond acceptors (Lipinski definition) is 0. The van der Waals surface area contributed by atoms with Gasteiger partial charge < -0.3 is 0 Å². The number of hydrogen-bond donors (Lipinski definition) is 0. The zero-order valence-corrected chi connectivity index (χ0v) is 10.5. The zero-order chi connectivity index (χ0) is 11.1. The summed E-state index contributed by atoms with van der Waals surface area (Å²) in [6.45, 7) is 6.77. The van der Waals surface area contributed by atoms with Gasteiger partial charge in [0.1, 0.15) is 0 Å². The van der Waals surface area contributed by atoms with Crippen molar-refractivity contribution in [3.05, 3.63) is 34.9 Å². The predicted molar refractivity (Wildman–Crippen MR) is 69.0 cm³/mol. The Bertz CT molecular complexity index is 229. The molecular formula is C15H24. The Morgan fingerprint density at radius 1 is 0.600 bits per heavy atom. The van der Waals surface area contributed by atoms with Crippen LogP contribution in [0.3, 0.4) is 0 Å². The maximum atomic E-state index is 2.40. The highest BCUT2D eigenvalue weighted by Crippen LogP contribution is 2.15. The van der Waals surface area contributed by atoms with E-state index in [1.54, 1.807) is 16.7 Å². The van der Waals surface area contributed by atoms with E-state index in [2.05, 4.69) is 39.0 Å². The molecule has 0 aromatic rings. The van der Waals surface area contributed by atoms with Crippen molar-refractivity contribution < 1.29 is 0 Å². The Hall–Kier alpha value is -0.780. The van der Waals surface area contributed by atoms with Crippen molar-refractivity contribution in [2.45, 2.75) is 59.3 Å². The van der Waals surface area contributed by atoms with Gasteiger partial charge in [0.15, 0.2) is 0 Å². The first-order chi connectivity index (χ1) is 7.18. The molecule has 0 nitrogen and oxygen atoms in total. The van der Waals surface area contributed by atoms with E-state index in [9.17, 15) is 0 Å². The molecule has 0 atom stereocenters. The van der Waals surface area contributed by atoms with Crippen LogP contribution in [-0.4, -0.2) is 0 Å². The molecule has 0 saturated carbocycles. The molecule has 0 aromatic heterocycles. The quantitative estimate of drug-likeness (QED) is 0.477. The van der Waals surface area contributed by atoms with Gasteiger partial charge in [-0.05, 0) is 59.3 Å². The van der Waals surface area contributed by atoms with Crippen LogP contribution in [0.4, 0.5) is 0 Å². The molecule has 0 saturated heterocycles. The van der Waals surface area contributed by atoms with Crippen molar-refractivity contribution in [2.24, 2.45) is 0 Å². The molecular weight excluding hydrogens is 180 g/mol. The second kappa shape index (κ2) is 6.66. The SMILES string of the molecule is C/C1=C/CC/C(C)=C/CC/C(C)=C/CC1. The molecule has 15 heavy (non-hydrogen) atoms. The molecule has 0 radical (unpaired) electrons. The Kier molecular flexibility index (Phi) is 5.45. The fourth-order valence-corrected chi connectivity index (χ4v) is 1.94. The van der Waals surface area contributed by atoms with Gasteiger partial charge in [0, 0.05) is 0 Å². The van der Waals surface area contributed by atoms with Gasteiger partial charge in [0.05, 0.1) is 0 Å². The second-order valence-electron chi connectivity index (χ2n) is 4.77. The van der Waals surface area contributed by atoms with Crippen molar-refractivity contribution >= 4 is 0 Å². The molecule has 84 valence electrons. The van der Waals surface area contributed by atoms with Crippen LogP contribution < -0.4 is 0 Å². The van der Waals surface area contributed by atoms with Crippen LogP contribution in [0.1, 0.15) is 59.3 Å². The lowest BCUT2D eigenvalue weighted by atomic mass is 10.0. The maximum Gasteiger partial charge on any atom is -0.0288 e. The number of rotatable bonds is 0. The van der Waals surface area contributed by atoms with Crippen LogP contribution in [0, 0.1) is 0 Å². The summed E-state index contributed by atoms with van der Waals surface area (Å²) in [7, 11) is 0. The van der Waals surface area contributed by atoms with Crippen molar-refractivity contribution in [3.8, 4) is 0 Å². The minimum atomic E-state index is 1.22. The summed E-state index contributed by atoms with van der Waals surface area (Å²) in [5, 5.41) is 0. The monoisotopic (exact) mass is 204 g/mol. The molecule has 0 spiro atoms. The molecule has 0 fully saturated rings. The number of allylic oxidation sites excluding steroid dienone is 6. The molecule has 1 aliphatic rings.